The Morgan fingerprint density at radius 1 is 0.667 bits per heavy atom. The van der Waals surface area contributed by atoms with Crippen molar-refractivity contribution in [3.05, 3.63) is 174 Å². The van der Waals surface area contributed by atoms with Crippen LogP contribution in [0.3, 0.4) is 0 Å². The molecule has 1 aliphatic carbocycles. The summed E-state index contributed by atoms with van der Waals surface area (Å²) in [6.45, 7) is 4.30. The van der Waals surface area contributed by atoms with Crippen molar-refractivity contribution >= 4 is 54.6 Å². The summed E-state index contributed by atoms with van der Waals surface area (Å²) in [4.78, 5) is 10.3. The minimum atomic E-state index is 0.331. The van der Waals surface area contributed by atoms with Gasteiger partial charge in [0, 0.05) is 56.4 Å². The Labute approximate surface area is 312 Å². The quantitative estimate of drug-likeness (QED) is 0.180. The summed E-state index contributed by atoms with van der Waals surface area (Å²) >= 11 is 0. The number of pyridine rings is 2. The van der Waals surface area contributed by atoms with Gasteiger partial charge in [0.1, 0.15) is 22.6 Å². The average Bonchev–Trinajstić information content (AvgIpc) is 3.91. The van der Waals surface area contributed by atoms with Crippen LogP contribution in [0.15, 0.2) is 150 Å². The summed E-state index contributed by atoms with van der Waals surface area (Å²) < 4.78 is 15.9. The van der Waals surface area contributed by atoms with E-state index in [0.29, 0.717) is 17.5 Å². The van der Waals surface area contributed by atoms with Crippen LogP contribution in [0.4, 0.5) is 0 Å². The lowest BCUT2D eigenvalue weighted by molar-refractivity contribution is 0.465. The molecule has 0 fully saturated rings. The fourth-order valence-corrected chi connectivity index (χ4v) is 8.62. The number of para-hydroxylation sites is 1. The van der Waals surface area contributed by atoms with Crippen LogP contribution in [0.1, 0.15) is 40.2 Å². The molecule has 1 atom stereocenters. The van der Waals surface area contributed by atoms with Crippen molar-refractivity contribution < 1.29 is 9.15 Å². The molecule has 11 rings (SSSR count). The smallest absolute Gasteiger partial charge is 0.221 e. The molecule has 5 heteroatoms. The first kappa shape index (κ1) is 30.9. The summed E-state index contributed by atoms with van der Waals surface area (Å²) in [5.74, 6) is 1.53. The molecule has 0 saturated carbocycles. The van der Waals surface area contributed by atoms with Crippen LogP contribution in [0.25, 0.3) is 71.6 Å². The predicted molar refractivity (Wildman–Crippen MR) is 219 cm³/mol. The molecule has 0 aliphatic heterocycles. The molecule has 1 aliphatic rings. The fourth-order valence-electron chi connectivity index (χ4n) is 8.62. The van der Waals surface area contributed by atoms with Crippen molar-refractivity contribution in [2.24, 2.45) is 0 Å². The molecule has 0 N–H and O–H groups in total. The largest absolute Gasteiger partial charge is 0.455 e. The van der Waals surface area contributed by atoms with Crippen molar-refractivity contribution in [2.75, 3.05) is 0 Å². The van der Waals surface area contributed by atoms with Crippen LogP contribution in [0.5, 0.6) is 11.6 Å². The molecule has 258 valence electrons. The predicted octanol–water partition coefficient (Wildman–Crippen LogP) is 12.8. The van der Waals surface area contributed by atoms with Gasteiger partial charge in [-0.1, -0.05) is 84.9 Å². The van der Waals surface area contributed by atoms with Gasteiger partial charge in [0.15, 0.2) is 0 Å². The Kier molecular flexibility index (Phi) is 6.80. The lowest BCUT2D eigenvalue weighted by Crippen LogP contribution is -1.98. The third kappa shape index (κ3) is 4.78. The van der Waals surface area contributed by atoms with Gasteiger partial charge < -0.3 is 9.15 Å². The van der Waals surface area contributed by atoms with E-state index in [-0.39, 0.29) is 0 Å². The van der Waals surface area contributed by atoms with E-state index in [1.165, 1.54) is 27.8 Å². The maximum absolute atomic E-state index is 6.85. The van der Waals surface area contributed by atoms with E-state index in [9.17, 15) is 0 Å². The zero-order chi connectivity index (χ0) is 35.9. The number of fused-ring (bicyclic) bond motifs is 9. The molecule has 4 heterocycles. The standard InChI is InChI=1S/C49H35N3O2/c1-29-16-19-34(24-30(29)2)52-45-15-9-8-14-38(45)40-22-23-46(51-49(40)52)53-35-25-42-39-21-17-32-12-6-7-13-37(32)47(39)54-48(42)43(26-35)44-27-41-33(28-50-44)18-20-36(41)31-10-4-3-5-11-31/h3-17,19,21-28,36H,18,20H2,1-2H3. The maximum atomic E-state index is 6.85. The highest BCUT2D eigenvalue weighted by Gasteiger charge is 2.26. The third-order valence-corrected chi connectivity index (χ3v) is 11.5. The van der Waals surface area contributed by atoms with Gasteiger partial charge in [0.25, 0.3) is 0 Å². The van der Waals surface area contributed by atoms with Crippen LogP contribution in [-0.2, 0) is 6.42 Å². The van der Waals surface area contributed by atoms with Gasteiger partial charge >= 0.3 is 0 Å². The summed E-state index contributed by atoms with van der Waals surface area (Å²) in [5.41, 5.74) is 12.9. The van der Waals surface area contributed by atoms with Crippen LogP contribution in [0.2, 0.25) is 0 Å². The fraction of sp³-hybridized carbons (Fsp3) is 0.102. The Bertz CT molecular complexity index is 3120. The lowest BCUT2D eigenvalue weighted by atomic mass is 9.92. The van der Waals surface area contributed by atoms with Crippen LogP contribution < -0.4 is 4.74 Å². The van der Waals surface area contributed by atoms with E-state index in [1.807, 2.05) is 6.07 Å². The lowest BCUT2D eigenvalue weighted by Gasteiger charge is -2.14. The summed E-state index contributed by atoms with van der Waals surface area (Å²) in [7, 11) is 0. The second kappa shape index (κ2) is 11.9. The van der Waals surface area contributed by atoms with E-state index in [1.54, 1.807) is 0 Å². The number of aromatic nitrogens is 3. The SMILES string of the molecule is Cc1ccc(-n2c3ccccc3c3ccc(Oc4cc(-c5cc6c(cn5)CCC6c5ccccc5)c5oc6c7ccccc7ccc6c5c4)nc32)cc1C. The van der Waals surface area contributed by atoms with Gasteiger partial charge in [0.2, 0.25) is 5.88 Å². The molecule has 0 spiro atoms. The van der Waals surface area contributed by atoms with Crippen LogP contribution in [-0.4, -0.2) is 14.5 Å². The first-order valence-electron chi connectivity index (χ1n) is 18.7. The monoisotopic (exact) mass is 697 g/mol. The van der Waals surface area contributed by atoms with E-state index in [2.05, 4.69) is 158 Å². The van der Waals surface area contributed by atoms with E-state index in [0.717, 1.165) is 84.4 Å². The number of aryl methyl sites for hydroxylation is 3. The number of benzene rings is 6. The molecular formula is C49H35N3O2. The van der Waals surface area contributed by atoms with E-state index >= 15 is 0 Å². The Morgan fingerprint density at radius 2 is 1.48 bits per heavy atom. The second-order valence-electron chi connectivity index (χ2n) is 14.6. The maximum Gasteiger partial charge on any atom is 0.221 e. The highest BCUT2D eigenvalue weighted by atomic mass is 16.5. The minimum absolute atomic E-state index is 0.331. The zero-order valence-electron chi connectivity index (χ0n) is 30.0. The normalized spacial score (nSPS) is 14.1. The van der Waals surface area contributed by atoms with E-state index in [4.69, 9.17) is 19.1 Å². The number of hydrogen-bond acceptors (Lipinski definition) is 4. The van der Waals surface area contributed by atoms with Crippen LogP contribution >= 0.6 is 0 Å². The van der Waals surface area contributed by atoms with Crippen molar-refractivity contribution in [1.29, 1.82) is 0 Å². The second-order valence-corrected chi connectivity index (χ2v) is 14.6. The Balaban J connectivity index is 1.10. The van der Waals surface area contributed by atoms with Gasteiger partial charge in [-0.3, -0.25) is 9.55 Å². The van der Waals surface area contributed by atoms with Crippen molar-refractivity contribution in [3.63, 3.8) is 0 Å². The van der Waals surface area contributed by atoms with Gasteiger partial charge in [-0.05, 0) is 108 Å². The Hall–Kier alpha value is -6.72. The van der Waals surface area contributed by atoms with Gasteiger partial charge in [0.05, 0.1) is 11.2 Å². The molecule has 0 saturated heterocycles. The number of ether oxygens (including phenoxy) is 1. The molecule has 0 amide bonds. The first-order chi connectivity index (χ1) is 26.6. The minimum Gasteiger partial charge on any atom is -0.455 e. The first-order valence-corrected chi connectivity index (χ1v) is 18.7. The number of hydrogen-bond donors (Lipinski definition) is 0. The third-order valence-electron chi connectivity index (χ3n) is 11.5. The Morgan fingerprint density at radius 3 is 2.37 bits per heavy atom. The summed E-state index contributed by atoms with van der Waals surface area (Å²) in [6, 6.07) is 49.1. The molecule has 54 heavy (non-hydrogen) atoms. The van der Waals surface area contributed by atoms with Gasteiger partial charge in [-0.15, -0.1) is 0 Å². The molecule has 1 unspecified atom stereocenters. The number of furan rings is 1. The molecular weight excluding hydrogens is 663 g/mol. The van der Waals surface area contributed by atoms with E-state index < -0.39 is 0 Å². The summed E-state index contributed by atoms with van der Waals surface area (Å²) in [6.07, 6.45) is 4.16. The van der Waals surface area contributed by atoms with Crippen molar-refractivity contribution in [3.8, 4) is 28.6 Å². The average molecular weight is 698 g/mol. The summed E-state index contributed by atoms with van der Waals surface area (Å²) in [5, 5.41) is 6.47. The van der Waals surface area contributed by atoms with Gasteiger partial charge in [-0.25, -0.2) is 0 Å². The zero-order valence-corrected chi connectivity index (χ0v) is 30.0. The van der Waals surface area contributed by atoms with Crippen molar-refractivity contribution in [1.82, 2.24) is 14.5 Å². The number of nitrogens with zero attached hydrogens (tertiary/aromatic N) is 3. The molecule has 5 nitrogen and oxygen atoms in total. The number of rotatable bonds is 5. The molecule has 0 radical (unpaired) electrons. The highest BCUT2D eigenvalue weighted by molar-refractivity contribution is 6.17. The van der Waals surface area contributed by atoms with Crippen LogP contribution in [0, 0.1) is 13.8 Å². The molecule has 4 aromatic heterocycles. The van der Waals surface area contributed by atoms with Gasteiger partial charge in [-0.2, -0.15) is 4.98 Å². The highest BCUT2D eigenvalue weighted by Crippen LogP contribution is 2.44. The molecule has 10 aromatic rings. The molecule has 0 bridgehead atoms. The topological polar surface area (TPSA) is 53.1 Å². The van der Waals surface area contributed by atoms with Crippen molar-refractivity contribution in [2.45, 2.75) is 32.6 Å². The molecule has 6 aromatic carbocycles.